The monoisotopic (exact) mass is 588 g/mol. The predicted molar refractivity (Wildman–Crippen MR) is 125 cm³/mol. The Bertz CT molecular complexity index is 1070. The highest BCUT2D eigenvalue weighted by Gasteiger charge is 2.24. The van der Waals surface area contributed by atoms with Crippen molar-refractivity contribution in [3.63, 3.8) is 0 Å². The van der Waals surface area contributed by atoms with E-state index in [4.69, 9.17) is 5.73 Å². The molecule has 0 saturated heterocycles. The van der Waals surface area contributed by atoms with Crippen LogP contribution in [-0.4, -0.2) is 28.3 Å². The summed E-state index contributed by atoms with van der Waals surface area (Å²) < 4.78 is 17.3. The number of thiophene rings is 1. The number of carbonyl (C=O) groups is 1. The standard InChI is InChI=1S/C20H19BrFIN4OS/c21-14-10-25-27-5-1-2-17-13(19(14)27)8-18(29-17)20(28)26-12(9-24)6-11-3-4-16(23)15(22)7-11/h3-4,7-8,10,12H,1-2,5-6,9,24H2,(H,26,28)/t12-/m0/s1. The van der Waals surface area contributed by atoms with Crippen LogP contribution in [0.5, 0.6) is 0 Å². The van der Waals surface area contributed by atoms with Crippen molar-refractivity contribution in [1.82, 2.24) is 15.1 Å². The number of nitrogens with two attached hydrogens (primary N) is 1. The van der Waals surface area contributed by atoms with Crippen molar-refractivity contribution in [2.24, 2.45) is 5.73 Å². The van der Waals surface area contributed by atoms with Gasteiger partial charge in [0.2, 0.25) is 0 Å². The van der Waals surface area contributed by atoms with Gasteiger partial charge >= 0.3 is 0 Å². The molecule has 1 aromatic carbocycles. The highest BCUT2D eigenvalue weighted by Crippen LogP contribution is 2.38. The number of nitrogens with one attached hydrogen (secondary N) is 1. The molecule has 0 aliphatic carbocycles. The third-order valence-corrected chi connectivity index (χ3v) is 7.59. The molecule has 0 radical (unpaired) electrons. The first kappa shape index (κ1) is 21.0. The summed E-state index contributed by atoms with van der Waals surface area (Å²) in [5.41, 5.74) is 8.78. The molecule has 29 heavy (non-hydrogen) atoms. The molecule has 1 aliphatic rings. The number of benzene rings is 1. The van der Waals surface area contributed by atoms with E-state index in [2.05, 4.69) is 26.3 Å². The average Bonchev–Trinajstić information content (AvgIpc) is 3.23. The van der Waals surface area contributed by atoms with Gasteiger partial charge in [-0.1, -0.05) is 6.07 Å². The molecule has 0 fully saturated rings. The Morgan fingerprint density at radius 3 is 3.03 bits per heavy atom. The van der Waals surface area contributed by atoms with Gasteiger partial charge in [0.05, 0.1) is 21.2 Å². The molecule has 3 N–H and O–H groups in total. The second-order valence-corrected chi connectivity index (χ2v) is 10.1. The third kappa shape index (κ3) is 4.42. The van der Waals surface area contributed by atoms with Crippen LogP contribution in [-0.2, 0) is 19.4 Å². The Morgan fingerprint density at radius 1 is 1.45 bits per heavy atom. The molecule has 0 bridgehead atoms. The maximum atomic E-state index is 13.8. The molecular formula is C20H19BrFIN4OS. The number of amides is 1. The quantitative estimate of drug-likeness (QED) is 0.435. The zero-order chi connectivity index (χ0) is 20.5. The minimum Gasteiger partial charge on any atom is -0.347 e. The minimum atomic E-state index is -0.263. The number of aromatic nitrogens is 2. The molecule has 3 heterocycles. The zero-order valence-electron chi connectivity index (χ0n) is 15.4. The molecule has 5 nitrogen and oxygen atoms in total. The maximum absolute atomic E-state index is 13.8. The van der Waals surface area contributed by atoms with E-state index < -0.39 is 0 Å². The summed E-state index contributed by atoms with van der Waals surface area (Å²) in [5.74, 6) is -0.402. The number of hydrogen-bond acceptors (Lipinski definition) is 4. The summed E-state index contributed by atoms with van der Waals surface area (Å²) in [4.78, 5) is 14.7. The molecule has 4 rings (SSSR count). The van der Waals surface area contributed by atoms with E-state index in [1.807, 2.05) is 39.4 Å². The number of nitrogens with zero attached hydrogens (tertiary/aromatic N) is 2. The van der Waals surface area contributed by atoms with Crippen LogP contribution < -0.4 is 11.1 Å². The lowest BCUT2D eigenvalue weighted by Gasteiger charge is -2.16. The van der Waals surface area contributed by atoms with Crippen LogP contribution in [0.4, 0.5) is 4.39 Å². The molecule has 0 spiro atoms. The maximum Gasteiger partial charge on any atom is 0.261 e. The topological polar surface area (TPSA) is 72.9 Å². The van der Waals surface area contributed by atoms with Crippen LogP contribution in [0.1, 0.15) is 26.5 Å². The lowest BCUT2D eigenvalue weighted by atomic mass is 10.1. The minimum absolute atomic E-state index is 0.147. The fourth-order valence-electron chi connectivity index (χ4n) is 3.52. The molecule has 1 amide bonds. The Labute approximate surface area is 194 Å². The molecule has 2 aromatic heterocycles. The molecular weight excluding hydrogens is 570 g/mol. The highest BCUT2D eigenvalue weighted by molar-refractivity contribution is 14.1. The summed E-state index contributed by atoms with van der Waals surface area (Å²) in [6.07, 6.45) is 4.19. The van der Waals surface area contributed by atoms with Gasteiger partial charge in [-0.3, -0.25) is 9.48 Å². The van der Waals surface area contributed by atoms with Crippen molar-refractivity contribution >= 4 is 55.8 Å². The number of aryl methyl sites for hydroxylation is 2. The van der Waals surface area contributed by atoms with Gasteiger partial charge in [0.15, 0.2) is 0 Å². The van der Waals surface area contributed by atoms with Gasteiger partial charge in [0.25, 0.3) is 5.91 Å². The van der Waals surface area contributed by atoms with Gasteiger partial charge in [-0.15, -0.1) is 11.3 Å². The van der Waals surface area contributed by atoms with Crippen molar-refractivity contribution in [1.29, 1.82) is 0 Å². The number of hydrogen-bond donors (Lipinski definition) is 2. The van der Waals surface area contributed by atoms with Crippen molar-refractivity contribution in [3.05, 3.63) is 59.6 Å². The molecule has 3 aromatic rings. The molecule has 9 heteroatoms. The van der Waals surface area contributed by atoms with Crippen molar-refractivity contribution in [2.75, 3.05) is 6.54 Å². The Morgan fingerprint density at radius 2 is 2.28 bits per heavy atom. The summed E-state index contributed by atoms with van der Waals surface area (Å²) in [7, 11) is 0. The Balaban J connectivity index is 1.53. The highest BCUT2D eigenvalue weighted by atomic mass is 127. The van der Waals surface area contributed by atoms with Gasteiger partial charge in [-0.05, 0) is 81.5 Å². The summed E-state index contributed by atoms with van der Waals surface area (Å²) in [6, 6.07) is 6.78. The van der Waals surface area contributed by atoms with Gasteiger partial charge in [-0.2, -0.15) is 5.10 Å². The second-order valence-electron chi connectivity index (χ2n) is 6.97. The largest absolute Gasteiger partial charge is 0.347 e. The van der Waals surface area contributed by atoms with Crippen LogP contribution in [0, 0.1) is 9.39 Å². The molecule has 1 atom stereocenters. The molecule has 0 unspecified atom stereocenters. The van der Waals surface area contributed by atoms with Crippen LogP contribution in [0.25, 0.3) is 11.3 Å². The average molecular weight is 589 g/mol. The van der Waals surface area contributed by atoms with E-state index in [9.17, 15) is 9.18 Å². The van der Waals surface area contributed by atoms with Crippen LogP contribution in [0.15, 0.2) is 34.9 Å². The van der Waals surface area contributed by atoms with Crippen molar-refractivity contribution in [3.8, 4) is 11.3 Å². The summed E-state index contributed by atoms with van der Waals surface area (Å²) in [5, 5.41) is 7.43. The SMILES string of the molecule is NC[C@H](Cc1ccc(I)c(F)c1)NC(=O)c1cc2c(s1)CCCn1ncc(Br)c1-2. The smallest absolute Gasteiger partial charge is 0.261 e. The first-order valence-electron chi connectivity index (χ1n) is 9.25. The number of rotatable bonds is 5. The predicted octanol–water partition coefficient (Wildman–Crippen LogP) is 4.36. The molecule has 152 valence electrons. The van der Waals surface area contributed by atoms with Crippen molar-refractivity contribution in [2.45, 2.75) is 31.8 Å². The normalized spacial score (nSPS) is 14.1. The summed E-state index contributed by atoms with van der Waals surface area (Å²) >= 11 is 7.05. The van der Waals surface area contributed by atoms with Gasteiger partial charge in [0.1, 0.15) is 5.82 Å². The second kappa shape index (κ2) is 8.83. The fraction of sp³-hybridized carbons (Fsp3) is 0.300. The zero-order valence-corrected chi connectivity index (χ0v) is 20.0. The number of carbonyl (C=O) groups excluding carboxylic acids is 1. The summed E-state index contributed by atoms with van der Waals surface area (Å²) in [6.45, 7) is 1.15. The van der Waals surface area contributed by atoms with E-state index >= 15 is 0 Å². The van der Waals surface area contributed by atoms with Crippen LogP contribution in [0.2, 0.25) is 0 Å². The van der Waals surface area contributed by atoms with Gasteiger partial charge in [0, 0.05) is 33.1 Å². The Hall–Kier alpha value is -1.30. The van der Waals surface area contributed by atoms with E-state index in [0.717, 1.165) is 40.7 Å². The lowest BCUT2D eigenvalue weighted by molar-refractivity contribution is 0.0942. The first-order valence-corrected chi connectivity index (χ1v) is 11.9. The van der Waals surface area contributed by atoms with Gasteiger partial charge in [-0.25, -0.2) is 4.39 Å². The fourth-order valence-corrected chi connectivity index (χ4v) is 5.47. The molecule has 0 saturated carbocycles. The number of fused-ring (bicyclic) bond motifs is 3. The van der Waals surface area contributed by atoms with E-state index in [1.54, 1.807) is 12.3 Å². The van der Waals surface area contributed by atoms with E-state index in [1.165, 1.54) is 22.3 Å². The third-order valence-electron chi connectivity index (χ3n) is 4.94. The van der Waals surface area contributed by atoms with Gasteiger partial charge < -0.3 is 11.1 Å². The first-order chi connectivity index (χ1) is 14.0. The van der Waals surface area contributed by atoms with E-state index in [-0.39, 0.29) is 24.3 Å². The lowest BCUT2D eigenvalue weighted by Crippen LogP contribution is -2.41. The Kier molecular flexibility index (Phi) is 6.38. The van der Waals surface area contributed by atoms with Crippen LogP contribution >= 0.6 is 49.9 Å². The van der Waals surface area contributed by atoms with E-state index in [0.29, 0.717) is 14.9 Å². The van der Waals surface area contributed by atoms with Crippen molar-refractivity contribution < 1.29 is 9.18 Å². The number of halogens is 3. The van der Waals surface area contributed by atoms with Crippen LogP contribution in [0.3, 0.4) is 0 Å². The molecule has 1 aliphatic heterocycles.